The Kier molecular flexibility index (Phi) is 5.19. The lowest BCUT2D eigenvalue weighted by Gasteiger charge is -2.22. The van der Waals surface area contributed by atoms with Crippen LogP contribution in [0.3, 0.4) is 0 Å². The van der Waals surface area contributed by atoms with Gasteiger partial charge in [-0.25, -0.2) is 0 Å². The summed E-state index contributed by atoms with van der Waals surface area (Å²) in [5.41, 5.74) is 0. The standard InChI is InChI=1S/C16H22N4O3/c1-3-15-18-19-16(23-15)10-20-9-14(21-2)7-12(20)11-22-13-5-4-6-17-8-13/h4-6,8,12,14H,3,7,9-11H2,1-2H3/t12-,14+/m0/s1. The average Bonchev–Trinajstić information content (AvgIpc) is 3.21. The Hall–Kier alpha value is -1.99. The minimum Gasteiger partial charge on any atom is -0.490 e. The fourth-order valence-corrected chi connectivity index (χ4v) is 2.77. The van der Waals surface area contributed by atoms with Crippen LogP contribution in [0.25, 0.3) is 0 Å². The van der Waals surface area contributed by atoms with Crippen molar-refractivity contribution < 1.29 is 13.9 Å². The first-order valence-electron chi connectivity index (χ1n) is 7.89. The predicted octanol–water partition coefficient (Wildman–Crippen LogP) is 1.70. The summed E-state index contributed by atoms with van der Waals surface area (Å²) in [5, 5.41) is 8.12. The van der Waals surface area contributed by atoms with Gasteiger partial charge in [-0.15, -0.1) is 10.2 Å². The number of pyridine rings is 1. The van der Waals surface area contributed by atoms with Gasteiger partial charge in [0.2, 0.25) is 11.8 Å². The Balaban J connectivity index is 1.61. The maximum absolute atomic E-state index is 5.85. The smallest absolute Gasteiger partial charge is 0.230 e. The lowest BCUT2D eigenvalue weighted by molar-refractivity contribution is 0.105. The van der Waals surface area contributed by atoms with Crippen molar-refractivity contribution >= 4 is 0 Å². The van der Waals surface area contributed by atoms with Crippen LogP contribution in [0.15, 0.2) is 28.9 Å². The Morgan fingerprint density at radius 1 is 1.35 bits per heavy atom. The highest BCUT2D eigenvalue weighted by molar-refractivity contribution is 5.15. The fourth-order valence-electron chi connectivity index (χ4n) is 2.77. The molecule has 1 aliphatic rings. The number of aromatic nitrogens is 3. The van der Waals surface area contributed by atoms with Crippen LogP contribution in [0.1, 0.15) is 25.1 Å². The van der Waals surface area contributed by atoms with E-state index < -0.39 is 0 Å². The van der Waals surface area contributed by atoms with E-state index in [-0.39, 0.29) is 12.1 Å². The summed E-state index contributed by atoms with van der Waals surface area (Å²) in [6.45, 7) is 4.04. The third-order valence-corrected chi connectivity index (χ3v) is 4.05. The van der Waals surface area contributed by atoms with Crippen molar-refractivity contribution in [1.29, 1.82) is 0 Å². The van der Waals surface area contributed by atoms with Gasteiger partial charge in [-0.2, -0.15) is 0 Å². The molecule has 124 valence electrons. The molecule has 0 spiro atoms. The summed E-state index contributed by atoms with van der Waals surface area (Å²) >= 11 is 0. The fraction of sp³-hybridized carbons (Fsp3) is 0.562. The number of likely N-dealkylation sites (tertiary alicyclic amines) is 1. The maximum atomic E-state index is 5.85. The van der Waals surface area contributed by atoms with E-state index in [2.05, 4.69) is 20.1 Å². The maximum Gasteiger partial charge on any atom is 0.230 e. The molecule has 1 aliphatic heterocycles. The first-order chi connectivity index (χ1) is 11.3. The number of nitrogens with zero attached hydrogens (tertiary/aromatic N) is 4. The molecule has 0 bridgehead atoms. The van der Waals surface area contributed by atoms with Gasteiger partial charge in [0.1, 0.15) is 12.4 Å². The van der Waals surface area contributed by atoms with Crippen LogP contribution in [0.5, 0.6) is 5.75 Å². The Morgan fingerprint density at radius 2 is 2.22 bits per heavy atom. The molecule has 0 radical (unpaired) electrons. The van der Waals surface area contributed by atoms with E-state index in [1.165, 1.54) is 0 Å². The third kappa shape index (κ3) is 4.05. The van der Waals surface area contributed by atoms with Gasteiger partial charge in [0.05, 0.1) is 18.8 Å². The summed E-state index contributed by atoms with van der Waals surface area (Å²) in [7, 11) is 1.75. The molecule has 1 fully saturated rings. The molecule has 2 atom stereocenters. The second kappa shape index (κ2) is 7.52. The lowest BCUT2D eigenvalue weighted by Crippen LogP contribution is -2.34. The monoisotopic (exact) mass is 318 g/mol. The van der Waals surface area contributed by atoms with Gasteiger partial charge in [0, 0.05) is 32.3 Å². The van der Waals surface area contributed by atoms with Crippen molar-refractivity contribution in [1.82, 2.24) is 20.1 Å². The van der Waals surface area contributed by atoms with Gasteiger partial charge < -0.3 is 13.9 Å². The quantitative estimate of drug-likeness (QED) is 0.769. The summed E-state index contributed by atoms with van der Waals surface area (Å²) in [6, 6.07) is 4.02. The minimum absolute atomic E-state index is 0.200. The molecule has 0 aliphatic carbocycles. The third-order valence-electron chi connectivity index (χ3n) is 4.05. The highest BCUT2D eigenvalue weighted by Crippen LogP contribution is 2.23. The Bertz CT molecular complexity index is 604. The molecular formula is C16H22N4O3. The van der Waals surface area contributed by atoms with Gasteiger partial charge in [0.25, 0.3) is 0 Å². The molecule has 0 N–H and O–H groups in total. The molecule has 2 aromatic heterocycles. The molecule has 0 amide bonds. The van der Waals surface area contributed by atoms with E-state index in [1.54, 1.807) is 19.5 Å². The number of rotatable bonds is 7. The SMILES string of the molecule is CCc1nnc(CN2C[C@H](OC)C[C@H]2COc2cccnc2)o1. The van der Waals surface area contributed by atoms with Gasteiger partial charge in [-0.3, -0.25) is 9.88 Å². The van der Waals surface area contributed by atoms with Crippen LogP contribution in [0.2, 0.25) is 0 Å². The molecule has 3 heterocycles. The molecule has 1 saturated heterocycles. The number of ether oxygens (including phenoxy) is 2. The van der Waals surface area contributed by atoms with Crippen LogP contribution >= 0.6 is 0 Å². The predicted molar refractivity (Wildman–Crippen MR) is 83.0 cm³/mol. The molecule has 0 aromatic carbocycles. The van der Waals surface area contributed by atoms with Crippen molar-refractivity contribution in [2.45, 2.75) is 38.5 Å². The molecule has 23 heavy (non-hydrogen) atoms. The number of methoxy groups -OCH3 is 1. The number of aryl methyl sites for hydroxylation is 1. The number of hydrogen-bond donors (Lipinski definition) is 0. The summed E-state index contributed by atoms with van der Waals surface area (Å²) < 4.78 is 17.0. The van der Waals surface area contributed by atoms with Crippen LogP contribution in [-0.4, -0.2) is 52.5 Å². The second-order valence-corrected chi connectivity index (χ2v) is 5.62. The minimum atomic E-state index is 0.200. The topological polar surface area (TPSA) is 73.5 Å². The number of hydrogen-bond acceptors (Lipinski definition) is 7. The van der Waals surface area contributed by atoms with Crippen LogP contribution in [-0.2, 0) is 17.7 Å². The van der Waals surface area contributed by atoms with Gasteiger partial charge in [-0.1, -0.05) is 6.92 Å². The summed E-state index contributed by atoms with van der Waals surface area (Å²) in [5.74, 6) is 2.09. The first-order valence-corrected chi connectivity index (χ1v) is 7.89. The molecule has 0 unspecified atom stereocenters. The molecule has 0 saturated carbocycles. The van der Waals surface area contributed by atoms with E-state index in [9.17, 15) is 0 Å². The van der Waals surface area contributed by atoms with E-state index in [0.717, 1.165) is 25.1 Å². The lowest BCUT2D eigenvalue weighted by atomic mass is 10.2. The zero-order chi connectivity index (χ0) is 16.1. The largest absolute Gasteiger partial charge is 0.490 e. The molecular weight excluding hydrogens is 296 g/mol. The van der Waals surface area contributed by atoms with Crippen molar-refractivity contribution in [3.05, 3.63) is 36.3 Å². The zero-order valence-corrected chi connectivity index (χ0v) is 13.5. The van der Waals surface area contributed by atoms with Crippen molar-refractivity contribution in [3.8, 4) is 5.75 Å². The van der Waals surface area contributed by atoms with Gasteiger partial charge >= 0.3 is 0 Å². The van der Waals surface area contributed by atoms with Crippen molar-refractivity contribution in [3.63, 3.8) is 0 Å². The van der Waals surface area contributed by atoms with E-state index >= 15 is 0 Å². The zero-order valence-electron chi connectivity index (χ0n) is 13.5. The average molecular weight is 318 g/mol. The highest BCUT2D eigenvalue weighted by Gasteiger charge is 2.33. The Labute approximate surface area is 135 Å². The van der Waals surface area contributed by atoms with E-state index in [4.69, 9.17) is 13.9 Å². The van der Waals surface area contributed by atoms with E-state index in [1.807, 2.05) is 19.1 Å². The molecule has 7 nitrogen and oxygen atoms in total. The van der Waals surface area contributed by atoms with Gasteiger partial charge in [0.15, 0.2) is 0 Å². The first kappa shape index (κ1) is 15.9. The summed E-state index contributed by atoms with van der Waals surface area (Å²) in [6.07, 6.45) is 5.33. The second-order valence-electron chi connectivity index (χ2n) is 5.62. The highest BCUT2D eigenvalue weighted by atomic mass is 16.5. The van der Waals surface area contributed by atoms with Crippen molar-refractivity contribution in [2.75, 3.05) is 20.3 Å². The van der Waals surface area contributed by atoms with Crippen molar-refractivity contribution in [2.24, 2.45) is 0 Å². The molecule has 3 rings (SSSR count). The molecule has 7 heteroatoms. The van der Waals surface area contributed by atoms with Crippen LogP contribution in [0.4, 0.5) is 0 Å². The van der Waals surface area contributed by atoms with Crippen LogP contribution < -0.4 is 4.74 Å². The summed E-state index contributed by atoms with van der Waals surface area (Å²) in [4.78, 5) is 6.34. The Morgan fingerprint density at radius 3 is 2.91 bits per heavy atom. The molecule has 2 aromatic rings. The van der Waals surface area contributed by atoms with E-state index in [0.29, 0.717) is 24.9 Å². The normalized spacial score (nSPS) is 21.7. The van der Waals surface area contributed by atoms with Crippen LogP contribution in [0, 0.1) is 0 Å². The van der Waals surface area contributed by atoms with Gasteiger partial charge in [-0.05, 0) is 18.6 Å².